The van der Waals surface area contributed by atoms with E-state index >= 15 is 0 Å². The van der Waals surface area contributed by atoms with Gasteiger partial charge in [0.15, 0.2) is 17.4 Å². The fourth-order valence-electron chi connectivity index (χ4n) is 1.92. The molecule has 5 nitrogen and oxygen atoms in total. The molecule has 0 fully saturated rings. The molecule has 0 atom stereocenters. The second-order valence-corrected chi connectivity index (χ2v) is 5.64. The fourth-order valence-corrected chi connectivity index (χ4v) is 2.71. The summed E-state index contributed by atoms with van der Waals surface area (Å²) in [6.07, 6.45) is 0. The quantitative estimate of drug-likeness (QED) is 0.523. The maximum Gasteiger partial charge on any atom is 0.214 e. The van der Waals surface area contributed by atoms with Crippen molar-refractivity contribution in [2.45, 2.75) is 5.16 Å². The number of hydrogen-bond donors (Lipinski definition) is 0. The number of Topliss-reactive ketones (excluding diaryl/α,β-unsaturated/α-hetero) is 1. The zero-order chi connectivity index (χ0) is 17.1. The van der Waals surface area contributed by atoms with Crippen molar-refractivity contribution in [2.75, 3.05) is 5.75 Å². The highest BCUT2D eigenvalue weighted by atomic mass is 32.2. The molecule has 0 saturated heterocycles. The van der Waals surface area contributed by atoms with Crippen molar-refractivity contribution >= 4 is 17.5 Å². The zero-order valence-corrected chi connectivity index (χ0v) is 12.8. The van der Waals surface area contributed by atoms with Crippen LogP contribution in [0.2, 0.25) is 0 Å². The fraction of sp³-hybridized carbons (Fsp3) is 0.0667. The Morgan fingerprint density at radius 1 is 1.08 bits per heavy atom. The van der Waals surface area contributed by atoms with E-state index in [4.69, 9.17) is 0 Å². The first kappa shape index (κ1) is 16.2. The SMILES string of the molecule is O=C(CSc1nnnn1-c1cccc(F)c1)c1ccc(F)c(F)c1. The Morgan fingerprint density at radius 3 is 2.67 bits per heavy atom. The van der Waals surface area contributed by atoms with E-state index in [1.807, 2.05) is 0 Å². The molecule has 0 radical (unpaired) electrons. The molecule has 0 N–H and O–H groups in total. The summed E-state index contributed by atoms with van der Waals surface area (Å²) in [5.74, 6) is -3.05. The van der Waals surface area contributed by atoms with Gasteiger partial charge in [0.2, 0.25) is 5.16 Å². The van der Waals surface area contributed by atoms with Crippen molar-refractivity contribution in [1.82, 2.24) is 20.2 Å². The second-order valence-electron chi connectivity index (χ2n) is 4.69. The van der Waals surface area contributed by atoms with Crippen molar-refractivity contribution in [2.24, 2.45) is 0 Å². The third kappa shape index (κ3) is 3.46. The number of tetrazole rings is 1. The van der Waals surface area contributed by atoms with Gasteiger partial charge in [0, 0.05) is 5.56 Å². The minimum absolute atomic E-state index is 0.0474. The van der Waals surface area contributed by atoms with E-state index < -0.39 is 23.2 Å². The number of halogens is 3. The van der Waals surface area contributed by atoms with Gasteiger partial charge in [0.25, 0.3) is 0 Å². The third-order valence-corrected chi connectivity index (χ3v) is 3.99. The molecule has 0 amide bonds. The van der Waals surface area contributed by atoms with Crippen molar-refractivity contribution in [3.8, 4) is 5.69 Å². The van der Waals surface area contributed by atoms with Crippen LogP contribution in [-0.4, -0.2) is 31.7 Å². The van der Waals surface area contributed by atoms with Gasteiger partial charge in [0.05, 0.1) is 11.4 Å². The second kappa shape index (κ2) is 6.83. The van der Waals surface area contributed by atoms with Gasteiger partial charge in [-0.15, -0.1) is 5.10 Å². The van der Waals surface area contributed by atoms with Gasteiger partial charge in [-0.1, -0.05) is 17.8 Å². The molecule has 0 unspecified atom stereocenters. The Bertz CT molecular complexity index is 900. The Labute approximate surface area is 138 Å². The van der Waals surface area contributed by atoms with Crippen molar-refractivity contribution in [1.29, 1.82) is 0 Å². The molecule has 3 rings (SSSR count). The molecule has 0 aliphatic rings. The molecule has 0 saturated carbocycles. The van der Waals surface area contributed by atoms with Crippen LogP contribution < -0.4 is 0 Å². The van der Waals surface area contributed by atoms with Crippen molar-refractivity contribution in [3.63, 3.8) is 0 Å². The lowest BCUT2D eigenvalue weighted by Gasteiger charge is -2.04. The van der Waals surface area contributed by atoms with Crippen LogP contribution >= 0.6 is 11.8 Å². The topological polar surface area (TPSA) is 60.7 Å². The van der Waals surface area contributed by atoms with E-state index in [0.29, 0.717) is 5.69 Å². The number of hydrogen-bond acceptors (Lipinski definition) is 5. The van der Waals surface area contributed by atoms with Crippen LogP contribution in [-0.2, 0) is 0 Å². The number of carbonyl (C=O) groups excluding carboxylic acids is 1. The molecule has 0 spiro atoms. The van der Waals surface area contributed by atoms with Crippen LogP contribution in [0.3, 0.4) is 0 Å². The lowest BCUT2D eigenvalue weighted by Crippen LogP contribution is -2.06. The summed E-state index contributed by atoms with van der Waals surface area (Å²) in [6.45, 7) is 0. The predicted octanol–water partition coefficient (Wildman–Crippen LogP) is 3.05. The van der Waals surface area contributed by atoms with E-state index in [2.05, 4.69) is 15.5 Å². The average molecular weight is 350 g/mol. The van der Waals surface area contributed by atoms with Gasteiger partial charge in [0.1, 0.15) is 5.82 Å². The molecule has 3 aromatic rings. The largest absolute Gasteiger partial charge is 0.293 e. The standard InChI is InChI=1S/C15H9F3N4OS/c16-10-2-1-3-11(7-10)22-15(19-20-21-22)24-8-14(23)9-4-5-12(17)13(18)6-9/h1-7H,8H2. The third-order valence-electron chi connectivity index (χ3n) is 3.07. The monoisotopic (exact) mass is 350 g/mol. The number of benzene rings is 2. The minimum Gasteiger partial charge on any atom is -0.293 e. The van der Waals surface area contributed by atoms with Crippen LogP contribution in [0.4, 0.5) is 13.2 Å². The van der Waals surface area contributed by atoms with Gasteiger partial charge in [-0.2, -0.15) is 4.68 Å². The van der Waals surface area contributed by atoms with Gasteiger partial charge >= 0.3 is 0 Å². The Hall–Kier alpha value is -2.68. The van der Waals surface area contributed by atoms with Crippen LogP contribution in [0, 0.1) is 17.5 Å². The number of rotatable bonds is 5. The maximum absolute atomic E-state index is 13.3. The molecule has 0 aliphatic carbocycles. The molecule has 2 aromatic carbocycles. The first-order valence-corrected chi connectivity index (χ1v) is 7.68. The lowest BCUT2D eigenvalue weighted by atomic mass is 10.1. The van der Waals surface area contributed by atoms with Crippen LogP contribution in [0.1, 0.15) is 10.4 Å². The summed E-state index contributed by atoms with van der Waals surface area (Å²) in [5, 5.41) is 11.3. The first-order chi connectivity index (χ1) is 11.5. The van der Waals surface area contributed by atoms with Gasteiger partial charge in [-0.05, 0) is 46.8 Å². The number of carbonyl (C=O) groups is 1. The number of thioether (sulfide) groups is 1. The molecule has 24 heavy (non-hydrogen) atoms. The average Bonchev–Trinajstić information content (AvgIpc) is 3.03. The maximum atomic E-state index is 13.3. The highest BCUT2D eigenvalue weighted by Gasteiger charge is 2.14. The first-order valence-electron chi connectivity index (χ1n) is 6.70. The molecule has 1 aromatic heterocycles. The molecular formula is C15H9F3N4OS. The Balaban J connectivity index is 1.75. The summed E-state index contributed by atoms with van der Waals surface area (Å²) >= 11 is 1.01. The molecule has 9 heteroatoms. The molecule has 0 bridgehead atoms. The summed E-state index contributed by atoms with van der Waals surface area (Å²) in [7, 11) is 0. The lowest BCUT2D eigenvalue weighted by molar-refractivity contribution is 0.102. The van der Waals surface area contributed by atoms with Crippen LogP contribution in [0.15, 0.2) is 47.6 Å². The summed E-state index contributed by atoms with van der Waals surface area (Å²) in [4.78, 5) is 12.1. The number of ketones is 1. The smallest absolute Gasteiger partial charge is 0.214 e. The van der Waals surface area contributed by atoms with Crippen LogP contribution in [0.25, 0.3) is 5.69 Å². The van der Waals surface area contributed by atoms with Crippen LogP contribution in [0.5, 0.6) is 0 Å². The molecule has 1 heterocycles. The molecular weight excluding hydrogens is 341 g/mol. The summed E-state index contributed by atoms with van der Waals surface area (Å²) < 4.78 is 40.6. The molecule has 122 valence electrons. The minimum atomic E-state index is -1.09. The normalized spacial score (nSPS) is 10.8. The van der Waals surface area contributed by atoms with Gasteiger partial charge in [-0.3, -0.25) is 4.79 Å². The number of aromatic nitrogens is 4. The van der Waals surface area contributed by atoms with Crippen molar-refractivity contribution < 1.29 is 18.0 Å². The van der Waals surface area contributed by atoms with Gasteiger partial charge in [-0.25, -0.2) is 13.2 Å². The molecule has 0 aliphatic heterocycles. The van der Waals surface area contributed by atoms with E-state index in [-0.39, 0.29) is 16.5 Å². The van der Waals surface area contributed by atoms with E-state index in [1.54, 1.807) is 6.07 Å². The zero-order valence-electron chi connectivity index (χ0n) is 12.0. The Kier molecular flexibility index (Phi) is 4.61. The predicted molar refractivity (Wildman–Crippen MR) is 80.5 cm³/mol. The van der Waals surface area contributed by atoms with E-state index in [1.165, 1.54) is 28.9 Å². The summed E-state index contributed by atoms with van der Waals surface area (Å²) in [5.41, 5.74) is 0.453. The van der Waals surface area contributed by atoms with Crippen molar-refractivity contribution in [3.05, 3.63) is 65.5 Å². The Morgan fingerprint density at radius 2 is 1.92 bits per heavy atom. The van der Waals surface area contributed by atoms with Gasteiger partial charge < -0.3 is 0 Å². The summed E-state index contributed by atoms with van der Waals surface area (Å²) in [6, 6.07) is 8.59. The van der Waals surface area contributed by atoms with E-state index in [0.717, 1.165) is 23.9 Å². The highest BCUT2D eigenvalue weighted by molar-refractivity contribution is 7.99. The van der Waals surface area contributed by atoms with E-state index in [9.17, 15) is 18.0 Å². The number of nitrogens with zero attached hydrogens (tertiary/aromatic N) is 4. The highest BCUT2D eigenvalue weighted by Crippen LogP contribution is 2.20.